The average Bonchev–Trinajstić information content (AvgIpc) is 2.57. The molecule has 1 atom stereocenters. The molecule has 2 aromatic rings. The highest BCUT2D eigenvalue weighted by Gasteiger charge is 2.18. The number of hydrogen-bond acceptors (Lipinski definition) is 2. The lowest BCUT2D eigenvalue weighted by molar-refractivity contribution is 0.0937. The summed E-state index contributed by atoms with van der Waals surface area (Å²) < 4.78 is 26.9. The number of nitrogens with zero attached hydrogens (tertiary/aromatic N) is 1. The van der Waals surface area contributed by atoms with Crippen molar-refractivity contribution in [3.05, 3.63) is 70.8 Å². The van der Waals surface area contributed by atoms with Crippen LogP contribution in [0.4, 0.5) is 8.78 Å². The van der Waals surface area contributed by atoms with Crippen molar-refractivity contribution >= 4 is 5.91 Å². The third-order valence-corrected chi connectivity index (χ3v) is 4.05. The van der Waals surface area contributed by atoms with Gasteiger partial charge in [-0.15, -0.1) is 0 Å². The zero-order chi connectivity index (χ0) is 17.7. The summed E-state index contributed by atoms with van der Waals surface area (Å²) in [6.07, 6.45) is 0.961. The zero-order valence-electron chi connectivity index (χ0n) is 14.1. The Morgan fingerprint density at radius 1 is 1.12 bits per heavy atom. The Hall–Kier alpha value is -2.27. The first-order valence-corrected chi connectivity index (χ1v) is 7.91. The first kappa shape index (κ1) is 18.1. The third-order valence-electron chi connectivity index (χ3n) is 4.05. The molecule has 2 rings (SSSR count). The van der Waals surface area contributed by atoms with Crippen LogP contribution in [0.15, 0.2) is 42.5 Å². The van der Waals surface area contributed by atoms with Gasteiger partial charge in [-0.25, -0.2) is 8.78 Å². The molecule has 0 spiro atoms. The van der Waals surface area contributed by atoms with Gasteiger partial charge in [-0.1, -0.05) is 37.3 Å². The Morgan fingerprint density at radius 3 is 2.38 bits per heavy atom. The van der Waals surface area contributed by atoms with Crippen molar-refractivity contribution in [2.75, 3.05) is 20.6 Å². The normalized spacial score (nSPS) is 12.2. The summed E-state index contributed by atoms with van der Waals surface area (Å²) in [6.45, 7) is 2.39. The van der Waals surface area contributed by atoms with Gasteiger partial charge in [-0.3, -0.25) is 4.79 Å². The lowest BCUT2D eigenvalue weighted by atomic mass is 10.0. The molecule has 128 valence electrons. The predicted molar refractivity (Wildman–Crippen MR) is 90.9 cm³/mol. The van der Waals surface area contributed by atoms with E-state index >= 15 is 0 Å². The summed E-state index contributed by atoms with van der Waals surface area (Å²) in [5.41, 5.74) is 2.01. The van der Waals surface area contributed by atoms with Crippen LogP contribution in [-0.4, -0.2) is 31.4 Å². The Balaban J connectivity index is 2.11. The van der Waals surface area contributed by atoms with E-state index in [4.69, 9.17) is 0 Å². The minimum atomic E-state index is -1.12. The lowest BCUT2D eigenvalue weighted by Gasteiger charge is -2.25. The number of likely N-dealkylation sites (N-methyl/N-ethyl adjacent to an activating group) is 1. The van der Waals surface area contributed by atoms with Gasteiger partial charge in [-0.05, 0) is 43.8 Å². The number of aryl methyl sites for hydroxylation is 1. The summed E-state index contributed by atoms with van der Waals surface area (Å²) in [6, 6.07) is 11.7. The minimum absolute atomic E-state index is 0.0588. The van der Waals surface area contributed by atoms with Crippen LogP contribution in [-0.2, 0) is 6.42 Å². The van der Waals surface area contributed by atoms with E-state index < -0.39 is 17.5 Å². The predicted octanol–water partition coefficient (Wildman–Crippen LogP) is 3.56. The Morgan fingerprint density at radius 2 is 1.79 bits per heavy atom. The fraction of sp³-hybridized carbons (Fsp3) is 0.316. The maximum atomic E-state index is 13.7. The fourth-order valence-electron chi connectivity index (χ4n) is 2.54. The molecule has 0 fully saturated rings. The molecule has 5 heteroatoms. The zero-order valence-corrected chi connectivity index (χ0v) is 14.1. The van der Waals surface area contributed by atoms with E-state index in [0.29, 0.717) is 6.54 Å². The van der Waals surface area contributed by atoms with Gasteiger partial charge >= 0.3 is 0 Å². The first-order chi connectivity index (χ1) is 11.4. The molecule has 0 radical (unpaired) electrons. The van der Waals surface area contributed by atoms with Crippen molar-refractivity contribution in [1.29, 1.82) is 0 Å². The molecule has 0 heterocycles. The van der Waals surface area contributed by atoms with Gasteiger partial charge < -0.3 is 10.2 Å². The van der Waals surface area contributed by atoms with Crippen molar-refractivity contribution < 1.29 is 13.6 Å². The number of benzene rings is 2. The van der Waals surface area contributed by atoms with Crippen molar-refractivity contribution in [3.63, 3.8) is 0 Å². The van der Waals surface area contributed by atoms with E-state index in [0.717, 1.165) is 18.1 Å². The van der Waals surface area contributed by atoms with Crippen LogP contribution >= 0.6 is 0 Å². The van der Waals surface area contributed by atoms with Crippen LogP contribution in [0.5, 0.6) is 0 Å². The van der Waals surface area contributed by atoms with Crippen LogP contribution in [0.25, 0.3) is 0 Å². The quantitative estimate of drug-likeness (QED) is 0.877. The van der Waals surface area contributed by atoms with Crippen LogP contribution in [0.3, 0.4) is 0 Å². The van der Waals surface area contributed by atoms with E-state index in [9.17, 15) is 13.6 Å². The summed E-state index contributed by atoms with van der Waals surface area (Å²) >= 11 is 0. The lowest BCUT2D eigenvalue weighted by Crippen LogP contribution is -2.35. The van der Waals surface area contributed by atoms with Crippen molar-refractivity contribution in [1.82, 2.24) is 10.2 Å². The van der Waals surface area contributed by atoms with Crippen molar-refractivity contribution in [2.24, 2.45) is 0 Å². The fourth-order valence-corrected chi connectivity index (χ4v) is 2.54. The Kier molecular flexibility index (Phi) is 6.04. The van der Waals surface area contributed by atoms with Crippen molar-refractivity contribution in [2.45, 2.75) is 19.4 Å². The van der Waals surface area contributed by atoms with Crippen LogP contribution < -0.4 is 5.32 Å². The van der Waals surface area contributed by atoms with E-state index in [-0.39, 0.29) is 11.6 Å². The highest BCUT2D eigenvalue weighted by atomic mass is 19.2. The standard InChI is InChI=1S/C19H22F2N2O/c1-4-13-8-10-14(11-9-13)17(23(2)3)12-22-19(24)15-6-5-7-16(20)18(15)21/h5-11,17H,4,12H2,1-3H3,(H,22,24). The molecule has 0 aliphatic carbocycles. The molecule has 3 nitrogen and oxygen atoms in total. The van der Waals surface area contributed by atoms with Gasteiger partial charge in [0.05, 0.1) is 11.6 Å². The molecule has 0 aliphatic rings. The maximum absolute atomic E-state index is 13.7. The molecule has 2 aromatic carbocycles. The van der Waals surface area contributed by atoms with E-state index in [1.54, 1.807) is 0 Å². The second-order valence-corrected chi connectivity index (χ2v) is 5.89. The largest absolute Gasteiger partial charge is 0.350 e. The van der Waals surface area contributed by atoms with Crippen LogP contribution in [0, 0.1) is 11.6 Å². The summed E-state index contributed by atoms with van der Waals surface area (Å²) in [5, 5.41) is 2.69. The summed E-state index contributed by atoms with van der Waals surface area (Å²) in [4.78, 5) is 14.1. The molecule has 0 saturated heterocycles. The second-order valence-electron chi connectivity index (χ2n) is 5.89. The molecule has 0 aliphatic heterocycles. The third kappa shape index (κ3) is 4.17. The number of hydrogen-bond donors (Lipinski definition) is 1. The van der Waals surface area contributed by atoms with E-state index in [1.165, 1.54) is 17.7 Å². The number of carbonyl (C=O) groups excluding carboxylic acids is 1. The second kappa shape index (κ2) is 8.02. The highest BCUT2D eigenvalue weighted by molar-refractivity contribution is 5.94. The molecule has 1 N–H and O–H groups in total. The number of nitrogens with one attached hydrogen (secondary N) is 1. The number of rotatable bonds is 6. The topological polar surface area (TPSA) is 32.3 Å². The highest BCUT2D eigenvalue weighted by Crippen LogP contribution is 2.19. The van der Waals surface area contributed by atoms with Crippen molar-refractivity contribution in [3.8, 4) is 0 Å². The van der Waals surface area contributed by atoms with Crippen LogP contribution in [0.2, 0.25) is 0 Å². The van der Waals surface area contributed by atoms with Gasteiger partial charge in [0, 0.05) is 6.54 Å². The Bertz CT molecular complexity index is 699. The average molecular weight is 332 g/mol. The molecular formula is C19H22F2N2O. The van der Waals surface area contributed by atoms with Gasteiger partial charge in [0.25, 0.3) is 5.91 Å². The smallest absolute Gasteiger partial charge is 0.254 e. The van der Waals surface area contributed by atoms with Gasteiger partial charge in [-0.2, -0.15) is 0 Å². The molecule has 0 bridgehead atoms. The van der Waals surface area contributed by atoms with Gasteiger partial charge in [0.2, 0.25) is 0 Å². The number of carbonyl (C=O) groups is 1. The molecule has 1 unspecified atom stereocenters. The van der Waals surface area contributed by atoms with Gasteiger partial charge in [0.1, 0.15) is 0 Å². The van der Waals surface area contributed by atoms with Gasteiger partial charge in [0.15, 0.2) is 11.6 Å². The summed E-state index contributed by atoms with van der Waals surface area (Å²) in [7, 11) is 3.82. The Labute approximate surface area is 141 Å². The summed E-state index contributed by atoms with van der Waals surface area (Å²) in [5.74, 6) is -2.77. The molecule has 0 saturated carbocycles. The molecule has 0 aromatic heterocycles. The van der Waals surface area contributed by atoms with E-state index in [2.05, 4.69) is 24.4 Å². The number of amides is 1. The molecular weight excluding hydrogens is 310 g/mol. The monoisotopic (exact) mass is 332 g/mol. The SMILES string of the molecule is CCc1ccc(C(CNC(=O)c2cccc(F)c2F)N(C)C)cc1. The number of halogens is 2. The molecule has 1 amide bonds. The molecule has 24 heavy (non-hydrogen) atoms. The first-order valence-electron chi connectivity index (χ1n) is 7.91. The minimum Gasteiger partial charge on any atom is -0.350 e. The van der Waals surface area contributed by atoms with Crippen LogP contribution in [0.1, 0.15) is 34.5 Å². The van der Waals surface area contributed by atoms with E-state index in [1.807, 2.05) is 31.1 Å². The maximum Gasteiger partial charge on any atom is 0.254 e.